The molecule has 0 saturated carbocycles. The molecule has 0 spiro atoms. The molecule has 30 heavy (non-hydrogen) atoms. The molecular weight excluding hydrogens is 423 g/mol. The van der Waals surface area contributed by atoms with Crippen molar-refractivity contribution >= 4 is 36.4 Å². The number of hydrogen-bond donors (Lipinski definition) is 1. The van der Waals surface area contributed by atoms with Gasteiger partial charge in [0.2, 0.25) is 0 Å². The van der Waals surface area contributed by atoms with Gasteiger partial charge in [-0.1, -0.05) is 18.2 Å². The van der Waals surface area contributed by atoms with Crippen molar-refractivity contribution < 1.29 is 9.53 Å². The standard InChI is InChI=1S/C22H26N4O2.2ClH/c1-16-7-8-21-24-18(14-26(21)12-16)15-28-20-6-4-3-5-19(20)22(27)25-10-9-17(13-25)11-23-2;;/h3-8,12,14,17,23H,9-11,13,15H2,1-2H3;2*1H. The van der Waals surface area contributed by atoms with Crippen molar-refractivity contribution in [3.8, 4) is 5.75 Å². The highest BCUT2D eigenvalue weighted by Crippen LogP contribution is 2.24. The lowest BCUT2D eigenvalue weighted by atomic mass is 10.1. The van der Waals surface area contributed by atoms with Crippen LogP contribution in [0.4, 0.5) is 0 Å². The van der Waals surface area contributed by atoms with Gasteiger partial charge in [-0.05, 0) is 56.6 Å². The number of carbonyl (C=O) groups excluding carboxylic acids is 1. The number of carbonyl (C=O) groups is 1. The van der Waals surface area contributed by atoms with E-state index in [2.05, 4.69) is 17.2 Å². The van der Waals surface area contributed by atoms with Gasteiger partial charge in [0.15, 0.2) is 0 Å². The molecule has 1 saturated heterocycles. The van der Waals surface area contributed by atoms with Gasteiger partial charge in [-0.2, -0.15) is 0 Å². The monoisotopic (exact) mass is 450 g/mol. The Morgan fingerprint density at radius 2 is 2.00 bits per heavy atom. The van der Waals surface area contributed by atoms with Gasteiger partial charge in [-0.15, -0.1) is 24.8 Å². The molecule has 0 aliphatic carbocycles. The molecule has 4 rings (SSSR count). The van der Waals surface area contributed by atoms with Gasteiger partial charge in [0, 0.05) is 25.5 Å². The summed E-state index contributed by atoms with van der Waals surface area (Å²) >= 11 is 0. The van der Waals surface area contributed by atoms with Gasteiger partial charge < -0.3 is 19.4 Å². The van der Waals surface area contributed by atoms with E-state index in [0.717, 1.165) is 37.4 Å². The van der Waals surface area contributed by atoms with E-state index < -0.39 is 0 Å². The second-order valence-electron chi connectivity index (χ2n) is 7.45. The third-order valence-electron chi connectivity index (χ3n) is 5.21. The molecule has 1 N–H and O–H groups in total. The number of likely N-dealkylation sites (tertiary alicyclic amines) is 1. The predicted octanol–water partition coefficient (Wildman–Crippen LogP) is 3.75. The average molecular weight is 451 g/mol. The van der Waals surface area contributed by atoms with Crippen LogP contribution >= 0.6 is 24.8 Å². The number of amides is 1. The molecule has 0 bridgehead atoms. The fourth-order valence-electron chi connectivity index (χ4n) is 3.79. The number of halogens is 2. The van der Waals surface area contributed by atoms with E-state index in [1.54, 1.807) is 0 Å². The summed E-state index contributed by atoms with van der Waals surface area (Å²) in [5, 5.41) is 3.20. The number of hydrogen-bond acceptors (Lipinski definition) is 4. The second-order valence-corrected chi connectivity index (χ2v) is 7.45. The Balaban J connectivity index is 0.00000160. The summed E-state index contributed by atoms with van der Waals surface area (Å²) in [6.07, 6.45) is 5.05. The van der Waals surface area contributed by atoms with E-state index in [0.29, 0.717) is 23.8 Å². The van der Waals surface area contributed by atoms with Crippen LogP contribution in [0, 0.1) is 12.8 Å². The van der Waals surface area contributed by atoms with Crippen LogP contribution in [0.2, 0.25) is 0 Å². The SMILES string of the molecule is CNCC1CCN(C(=O)c2ccccc2OCc2cn3cc(C)ccc3n2)C1.Cl.Cl. The first-order chi connectivity index (χ1) is 13.6. The van der Waals surface area contributed by atoms with Crippen molar-refractivity contribution in [1.82, 2.24) is 19.6 Å². The Labute approximate surface area is 189 Å². The van der Waals surface area contributed by atoms with Crippen molar-refractivity contribution in [3.05, 3.63) is 65.6 Å². The lowest BCUT2D eigenvalue weighted by Gasteiger charge is -2.18. The van der Waals surface area contributed by atoms with Crippen LogP contribution in [0.1, 0.15) is 28.0 Å². The van der Waals surface area contributed by atoms with Crippen molar-refractivity contribution in [2.75, 3.05) is 26.7 Å². The molecule has 1 atom stereocenters. The molecule has 1 amide bonds. The Hall–Kier alpha value is -2.28. The van der Waals surface area contributed by atoms with Crippen LogP contribution in [-0.2, 0) is 6.61 Å². The summed E-state index contributed by atoms with van der Waals surface area (Å²) in [7, 11) is 1.95. The van der Waals surface area contributed by atoms with Crippen LogP contribution < -0.4 is 10.1 Å². The summed E-state index contributed by atoms with van der Waals surface area (Å²) < 4.78 is 8.00. The zero-order valence-corrected chi connectivity index (χ0v) is 18.8. The van der Waals surface area contributed by atoms with Gasteiger partial charge >= 0.3 is 0 Å². The maximum absolute atomic E-state index is 13.0. The number of rotatable bonds is 6. The average Bonchev–Trinajstić information content (AvgIpc) is 3.32. The van der Waals surface area contributed by atoms with Gasteiger partial charge in [0.05, 0.1) is 11.3 Å². The van der Waals surface area contributed by atoms with E-state index in [-0.39, 0.29) is 30.7 Å². The third kappa shape index (κ3) is 5.25. The van der Waals surface area contributed by atoms with Crippen molar-refractivity contribution in [3.63, 3.8) is 0 Å². The van der Waals surface area contributed by atoms with Gasteiger partial charge in [-0.25, -0.2) is 4.98 Å². The molecule has 1 fully saturated rings. The van der Waals surface area contributed by atoms with Crippen LogP contribution in [0.15, 0.2) is 48.8 Å². The zero-order valence-electron chi connectivity index (χ0n) is 17.2. The van der Waals surface area contributed by atoms with Crippen molar-refractivity contribution in [2.24, 2.45) is 5.92 Å². The molecule has 6 nitrogen and oxygen atoms in total. The Morgan fingerprint density at radius 3 is 2.80 bits per heavy atom. The Morgan fingerprint density at radius 1 is 1.20 bits per heavy atom. The van der Waals surface area contributed by atoms with Crippen LogP contribution in [0.5, 0.6) is 5.75 Å². The quantitative estimate of drug-likeness (QED) is 0.621. The highest BCUT2D eigenvalue weighted by Gasteiger charge is 2.28. The summed E-state index contributed by atoms with van der Waals surface area (Å²) in [4.78, 5) is 19.5. The zero-order chi connectivity index (χ0) is 19.5. The molecule has 1 unspecified atom stereocenters. The minimum atomic E-state index is 0. The molecule has 0 radical (unpaired) electrons. The summed E-state index contributed by atoms with van der Waals surface area (Å²) in [6.45, 7) is 4.91. The molecule has 8 heteroatoms. The fourth-order valence-corrected chi connectivity index (χ4v) is 3.79. The van der Waals surface area contributed by atoms with E-state index in [4.69, 9.17) is 4.74 Å². The molecular formula is C22H28Cl2N4O2. The summed E-state index contributed by atoms with van der Waals surface area (Å²) in [5.41, 5.74) is 3.52. The van der Waals surface area contributed by atoms with Crippen molar-refractivity contribution in [1.29, 1.82) is 0 Å². The minimum absolute atomic E-state index is 0. The number of ether oxygens (including phenoxy) is 1. The van der Waals surface area contributed by atoms with E-state index in [1.807, 2.05) is 65.1 Å². The number of benzene rings is 1. The predicted molar refractivity (Wildman–Crippen MR) is 123 cm³/mol. The molecule has 2 aromatic heterocycles. The Kier molecular flexibility index (Phi) is 8.53. The highest BCUT2D eigenvalue weighted by molar-refractivity contribution is 5.97. The number of para-hydroxylation sites is 1. The van der Waals surface area contributed by atoms with Gasteiger partial charge in [0.25, 0.3) is 5.91 Å². The first kappa shape index (κ1) is 24.0. The van der Waals surface area contributed by atoms with Crippen LogP contribution in [0.25, 0.3) is 5.65 Å². The number of nitrogens with one attached hydrogen (secondary N) is 1. The highest BCUT2D eigenvalue weighted by atomic mass is 35.5. The maximum atomic E-state index is 13.0. The summed E-state index contributed by atoms with van der Waals surface area (Å²) in [6, 6.07) is 11.5. The Bertz CT molecular complexity index is 992. The van der Waals surface area contributed by atoms with Gasteiger partial charge in [-0.3, -0.25) is 4.79 Å². The first-order valence-corrected chi connectivity index (χ1v) is 9.74. The molecule has 162 valence electrons. The topological polar surface area (TPSA) is 58.9 Å². The molecule has 3 aromatic rings. The van der Waals surface area contributed by atoms with E-state index >= 15 is 0 Å². The van der Waals surface area contributed by atoms with E-state index in [1.165, 1.54) is 5.56 Å². The number of imidazole rings is 1. The van der Waals surface area contributed by atoms with E-state index in [9.17, 15) is 4.79 Å². The number of fused-ring (bicyclic) bond motifs is 1. The molecule has 1 aliphatic heterocycles. The first-order valence-electron chi connectivity index (χ1n) is 9.74. The normalized spacial score (nSPS) is 15.5. The fraction of sp³-hybridized carbons (Fsp3) is 0.364. The van der Waals surface area contributed by atoms with Crippen molar-refractivity contribution in [2.45, 2.75) is 20.0 Å². The van der Waals surface area contributed by atoms with Crippen LogP contribution in [-0.4, -0.2) is 46.9 Å². The lowest BCUT2D eigenvalue weighted by molar-refractivity contribution is 0.0782. The third-order valence-corrected chi connectivity index (χ3v) is 5.21. The second kappa shape index (κ2) is 10.7. The molecule has 3 heterocycles. The largest absolute Gasteiger partial charge is 0.486 e. The number of aryl methyl sites for hydroxylation is 1. The summed E-state index contributed by atoms with van der Waals surface area (Å²) in [5.74, 6) is 1.17. The van der Waals surface area contributed by atoms with Crippen LogP contribution in [0.3, 0.4) is 0 Å². The molecule has 1 aliphatic rings. The lowest BCUT2D eigenvalue weighted by Crippen LogP contribution is -2.30. The van der Waals surface area contributed by atoms with Gasteiger partial charge in [0.1, 0.15) is 18.0 Å². The number of aromatic nitrogens is 2. The smallest absolute Gasteiger partial charge is 0.257 e. The number of pyridine rings is 1. The number of nitrogens with zero attached hydrogens (tertiary/aromatic N) is 3. The molecule has 1 aromatic carbocycles. The minimum Gasteiger partial charge on any atom is -0.486 e. The maximum Gasteiger partial charge on any atom is 0.257 e.